The van der Waals surface area contributed by atoms with Gasteiger partial charge in [-0.05, 0) is 75.2 Å². The normalized spacial score (nSPS) is 11.4. The number of carboxylic acids is 2. The third-order valence-electron chi connectivity index (χ3n) is 3.75. The Balaban J connectivity index is 0.000000326. The molecule has 3 N–H and O–H groups in total. The van der Waals surface area contributed by atoms with Crippen LogP contribution in [-0.4, -0.2) is 47.0 Å². The molecule has 0 aliphatic rings. The van der Waals surface area contributed by atoms with Gasteiger partial charge in [0.2, 0.25) is 0 Å². The molecule has 29 heavy (non-hydrogen) atoms. The Morgan fingerprint density at radius 1 is 0.931 bits per heavy atom. The van der Waals surface area contributed by atoms with Crippen molar-refractivity contribution in [1.29, 1.82) is 0 Å². The maximum Gasteiger partial charge on any atom is 0.335 e. The number of rotatable bonds is 5. The molecule has 0 aliphatic heterocycles. The minimum absolute atomic E-state index is 0.0205. The van der Waals surface area contributed by atoms with E-state index in [4.69, 9.17) is 10.2 Å². The Labute approximate surface area is 178 Å². The highest BCUT2D eigenvalue weighted by Crippen LogP contribution is 2.20. The number of sulfone groups is 1. The van der Waals surface area contributed by atoms with E-state index < -0.39 is 33.1 Å². The number of hydrogen-bond acceptors (Lipinski definition) is 5. The molecule has 2 aromatic rings. The van der Waals surface area contributed by atoms with Crippen LogP contribution in [-0.2, 0) is 9.84 Å². The molecule has 0 radical (unpaired) electrons. The molecule has 158 valence electrons. The predicted octanol–water partition coefficient (Wildman–Crippen LogP) is 3.69. The van der Waals surface area contributed by atoms with Crippen LogP contribution in [0.5, 0.6) is 0 Å². The summed E-state index contributed by atoms with van der Waals surface area (Å²) in [5.74, 6) is -2.39. The average Bonchev–Trinajstić information content (AvgIpc) is 2.52. The number of aromatic carboxylic acids is 2. The van der Waals surface area contributed by atoms with Crippen LogP contribution in [0.2, 0.25) is 0 Å². The topological polar surface area (TPSA) is 129 Å². The smallest absolute Gasteiger partial charge is 0.335 e. The van der Waals surface area contributed by atoms with E-state index in [0.29, 0.717) is 11.1 Å². The van der Waals surface area contributed by atoms with E-state index in [1.807, 2.05) is 0 Å². The summed E-state index contributed by atoms with van der Waals surface area (Å²) in [7, 11) is -3.63. The minimum atomic E-state index is -3.63. The molecule has 0 atom stereocenters. The van der Waals surface area contributed by atoms with Crippen molar-refractivity contribution in [1.82, 2.24) is 0 Å². The first kappa shape index (κ1) is 24.8. The molecule has 9 heteroatoms. The summed E-state index contributed by atoms with van der Waals surface area (Å²) in [6.07, 6.45) is 0. The average molecular weight is 487 g/mol. The minimum Gasteiger partial charge on any atom is -0.478 e. The second kappa shape index (κ2) is 9.51. The van der Waals surface area contributed by atoms with Gasteiger partial charge in [0.25, 0.3) is 0 Å². The zero-order chi connectivity index (χ0) is 22.6. The highest BCUT2D eigenvalue weighted by atomic mass is 79.9. The van der Waals surface area contributed by atoms with Crippen LogP contribution >= 0.6 is 15.9 Å². The summed E-state index contributed by atoms with van der Waals surface area (Å²) in [6.45, 7) is 6.12. The Kier molecular flexibility index (Phi) is 8.14. The molecule has 0 fully saturated rings. The van der Waals surface area contributed by atoms with Gasteiger partial charge in [0.05, 0.1) is 27.4 Å². The van der Waals surface area contributed by atoms with Gasteiger partial charge in [0, 0.05) is 4.47 Å². The third kappa shape index (κ3) is 7.60. The van der Waals surface area contributed by atoms with Crippen molar-refractivity contribution in [3.8, 4) is 0 Å². The third-order valence-corrected chi connectivity index (χ3v) is 6.30. The van der Waals surface area contributed by atoms with Crippen molar-refractivity contribution in [2.75, 3.05) is 5.75 Å². The SMILES string of the molecule is Cc1cc(Br)ccc1C(=O)O.Cc1cc(S(=O)(=O)CC(C)(C)O)ccc1C(=O)O. The molecule has 0 saturated carbocycles. The number of benzene rings is 2. The zero-order valence-corrected chi connectivity index (χ0v) is 18.8. The first-order valence-corrected chi connectivity index (χ1v) is 10.9. The molecule has 2 rings (SSSR count). The quantitative estimate of drug-likeness (QED) is 0.587. The van der Waals surface area contributed by atoms with Gasteiger partial charge in [0.15, 0.2) is 9.84 Å². The molecule has 0 amide bonds. The van der Waals surface area contributed by atoms with Gasteiger partial charge in [-0.25, -0.2) is 18.0 Å². The van der Waals surface area contributed by atoms with E-state index >= 15 is 0 Å². The molecule has 0 spiro atoms. The predicted molar refractivity (Wildman–Crippen MR) is 112 cm³/mol. The molecule has 2 aromatic carbocycles. The fourth-order valence-electron chi connectivity index (χ4n) is 2.48. The van der Waals surface area contributed by atoms with Gasteiger partial charge in [-0.1, -0.05) is 15.9 Å². The van der Waals surface area contributed by atoms with Gasteiger partial charge in [-0.2, -0.15) is 0 Å². The van der Waals surface area contributed by atoms with Gasteiger partial charge < -0.3 is 15.3 Å². The Morgan fingerprint density at radius 2 is 1.38 bits per heavy atom. The summed E-state index contributed by atoms with van der Waals surface area (Å²) in [6, 6.07) is 8.90. The fraction of sp³-hybridized carbons (Fsp3) is 0.300. The summed E-state index contributed by atoms with van der Waals surface area (Å²) >= 11 is 3.25. The van der Waals surface area contributed by atoms with Gasteiger partial charge in [0.1, 0.15) is 0 Å². The number of carboxylic acid groups (broad SMARTS) is 2. The van der Waals surface area contributed by atoms with Crippen molar-refractivity contribution >= 4 is 37.7 Å². The van der Waals surface area contributed by atoms with Crippen molar-refractivity contribution in [3.63, 3.8) is 0 Å². The van der Waals surface area contributed by atoms with Crippen LogP contribution in [0.15, 0.2) is 45.8 Å². The number of hydrogen-bond donors (Lipinski definition) is 3. The highest BCUT2D eigenvalue weighted by molar-refractivity contribution is 9.10. The lowest BCUT2D eigenvalue weighted by Gasteiger charge is -2.17. The zero-order valence-electron chi connectivity index (χ0n) is 16.4. The van der Waals surface area contributed by atoms with Crippen LogP contribution in [0.3, 0.4) is 0 Å². The van der Waals surface area contributed by atoms with Crippen molar-refractivity contribution < 1.29 is 33.3 Å². The summed E-state index contributed by atoms with van der Waals surface area (Å²) in [5.41, 5.74) is 0.231. The molecular formula is C20H23BrO7S. The van der Waals surface area contributed by atoms with Crippen LogP contribution in [0.1, 0.15) is 45.7 Å². The van der Waals surface area contributed by atoms with Crippen LogP contribution in [0.4, 0.5) is 0 Å². The monoisotopic (exact) mass is 486 g/mol. The summed E-state index contributed by atoms with van der Waals surface area (Å²) < 4.78 is 24.9. The number of halogens is 1. The number of aryl methyl sites for hydroxylation is 2. The van der Waals surface area contributed by atoms with Gasteiger partial charge in [-0.15, -0.1) is 0 Å². The van der Waals surface area contributed by atoms with E-state index in [0.717, 1.165) is 10.0 Å². The second-order valence-corrected chi connectivity index (χ2v) is 10.0. The Hall–Kier alpha value is -2.23. The molecule has 0 bridgehead atoms. The number of carbonyl (C=O) groups is 2. The van der Waals surface area contributed by atoms with E-state index in [-0.39, 0.29) is 10.5 Å². The highest BCUT2D eigenvalue weighted by Gasteiger charge is 2.25. The first-order chi connectivity index (χ1) is 13.1. The summed E-state index contributed by atoms with van der Waals surface area (Å²) in [5, 5.41) is 27.1. The maximum atomic E-state index is 12.0. The molecule has 0 heterocycles. The van der Waals surface area contributed by atoms with Crippen LogP contribution in [0, 0.1) is 13.8 Å². The van der Waals surface area contributed by atoms with Crippen molar-refractivity contribution in [2.45, 2.75) is 38.2 Å². The largest absolute Gasteiger partial charge is 0.478 e. The van der Waals surface area contributed by atoms with Crippen molar-refractivity contribution in [2.24, 2.45) is 0 Å². The lowest BCUT2D eigenvalue weighted by molar-refractivity contribution is 0.0685. The van der Waals surface area contributed by atoms with Crippen LogP contribution < -0.4 is 0 Å². The van der Waals surface area contributed by atoms with Gasteiger partial charge in [-0.3, -0.25) is 0 Å². The maximum absolute atomic E-state index is 12.0. The lowest BCUT2D eigenvalue weighted by Crippen LogP contribution is -2.30. The fourth-order valence-corrected chi connectivity index (χ4v) is 4.69. The Bertz CT molecular complexity index is 1020. The lowest BCUT2D eigenvalue weighted by atomic mass is 10.1. The van der Waals surface area contributed by atoms with Crippen LogP contribution in [0.25, 0.3) is 0 Å². The molecule has 0 saturated heterocycles. The summed E-state index contributed by atoms with van der Waals surface area (Å²) in [4.78, 5) is 21.4. The molecule has 0 aromatic heterocycles. The molecule has 0 unspecified atom stereocenters. The first-order valence-electron chi connectivity index (χ1n) is 8.42. The van der Waals surface area contributed by atoms with E-state index in [1.54, 1.807) is 25.1 Å². The number of aliphatic hydroxyl groups is 1. The molecule has 0 aliphatic carbocycles. The molecular weight excluding hydrogens is 464 g/mol. The van der Waals surface area contributed by atoms with E-state index in [9.17, 15) is 23.1 Å². The standard InChI is InChI=1S/C12H16O5S.C8H7BrO2/c1-8-6-9(4-5-10(8)11(13)14)18(16,17)7-12(2,3)15;1-5-4-6(9)2-3-7(5)8(10)11/h4-6,15H,7H2,1-3H3,(H,13,14);2-4H,1H3,(H,10,11). The van der Waals surface area contributed by atoms with Gasteiger partial charge >= 0.3 is 11.9 Å². The Morgan fingerprint density at radius 3 is 1.76 bits per heavy atom. The second-order valence-electron chi connectivity index (χ2n) is 7.12. The van der Waals surface area contributed by atoms with E-state index in [2.05, 4.69) is 15.9 Å². The van der Waals surface area contributed by atoms with E-state index in [1.165, 1.54) is 39.0 Å². The van der Waals surface area contributed by atoms with Crippen molar-refractivity contribution in [3.05, 3.63) is 63.1 Å². The molecule has 7 nitrogen and oxygen atoms in total.